The standard InChI is InChI=1S/C10H9NO2.C2H6/c1-7-3-2-4-8(5-7)9-6-10(12)11-13-9;1-2/h2-6H,1H3,(H,11,12);1-2H3. The van der Waals surface area contributed by atoms with E-state index in [0.29, 0.717) is 5.76 Å². The average molecular weight is 205 g/mol. The maximum absolute atomic E-state index is 10.8. The predicted molar refractivity (Wildman–Crippen MR) is 60.8 cm³/mol. The summed E-state index contributed by atoms with van der Waals surface area (Å²) in [4.78, 5) is 10.8. The van der Waals surface area contributed by atoms with Crippen LogP contribution in [0.3, 0.4) is 0 Å². The summed E-state index contributed by atoms with van der Waals surface area (Å²) in [6.45, 7) is 5.99. The van der Waals surface area contributed by atoms with Crippen LogP contribution >= 0.6 is 0 Å². The van der Waals surface area contributed by atoms with Crippen LogP contribution in [0.4, 0.5) is 0 Å². The van der Waals surface area contributed by atoms with Crippen molar-refractivity contribution in [1.82, 2.24) is 5.16 Å². The monoisotopic (exact) mass is 205 g/mol. The van der Waals surface area contributed by atoms with Crippen LogP contribution in [0, 0.1) is 6.92 Å². The molecule has 0 bridgehead atoms. The van der Waals surface area contributed by atoms with Crippen LogP contribution in [-0.4, -0.2) is 5.16 Å². The van der Waals surface area contributed by atoms with Crippen molar-refractivity contribution < 1.29 is 4.52 Å². The summed E-state index contributed by atoms with van der Waals surface area (Å²) in [7, 11) is 0. The minimum absolute atomic E-state index is 0.212. The topological polar surface area (TPSA) is 46.0 Å². The Kier molecular flexibility index (Phi) is 3.92. The molecular weight excluding hydrogens is 190 g/mol. The molecule has 3 nitrogen and oxygen atoms in total. The van der Waals surface area contributed by atoms with Crippen molar-refractivity contribution in [3.8, 4) is 11.3 Å². The Morgan fingerprint density at radius 1 is 1.20 bits per heavy atom. The van der Waals surface area contributed by atoms with Crippen LogP contribution < -0.4 is 5.56 Å². The van der Waals surface area contributed by atoms with Gasteiger partial charge in [-0.05, 0) is 13.0 Å². The SMILES string of the molecule is CC.Cc1cccc(-c2cc(=O)[nH]o2)c1. The first kappa shape index (κ1) is 11.3. The lowest BCUT2D eigenvalue weighted by molar-refractivity contribution is 0.426. The van der Waals surface area contributed by atoms with Crippen LogP contribution in [0.2, 0.25) is 0 Å². The van der Waals surface area contributed by atoms with Gasteiger partial charge in [0.1, 0.15) is 0 Å². The summed E-state index contributed by atoms with van der Waals surface area (Å²) in [6, 6.07) is 9.23. The van der Waals surface area contributed by atoms with Crippen LogP contribution in [0.25, 0.3) is 11.3 Å². The minimum Gasteiger partial charge on any atom is -0.378 e. The van der Waals surface area contributed by atoms with Gasteiger partial charge in [0.25, 0.3) is 5.56 Å². The fourth-order valence-corrected chi connectivity index (χ4v) is 1.22. The normalized spacial score (nSPS) is 9.27. The Labute approximate surface area is 88.7 Å². The highest BCUT2D eigenvalue weighted by Gasteiger charge is 2.02. The van der Waals surface area contributed by atoms with E-state index in [2.05, 4.69) is 5.16 Å². The summed E-state index contributed by atoms with van der Waals surface area (Å²) < 4.78 is 4.97. The number of hydrogen-bond donors (Lipinski definition) is 1. The molecule has 0 unspecified atom stereocenters. The van der Waals surface area contributed by atoms with Crippen molar-refractivity contribution in [2.75, 3.05) is 0 Å². The number of benzene rings is 1. The summed E-state index contributed by atoms with van der Waals surface area (Å²) in [5, 5.41) is 2.26. The van der Waals surface area contributed by atoms with Gasteiger partial charge >= 0.3 is 0 Å². The van der Waals surface area contributed by atoms with Crippen LogP contribution in [0.15, 0.2) is 39.6 Å². The average Bonchev–Trinajstić information content (AvgIpc) is 2.68. The van der Waals surface area contributed by atoms with Gasteiger partial charge in [-0.2, -0.15) is 5.16 Å². The van der Waals surface area contributed by atoms with E-state index in [1.54, 1.807) is 0 Å². The van der Waals surface area contributed by atoms with Crippen molar-refractivity contribution in [2.24, 2.45) is 0 Å². The third kappa shape index (κ3) is 2.84. The zero-order chi connectivity index (χ0) is 11.3. The molecule has 0 aliphatic heterocycles. The van der Waals surface area contributed by atoms with E-state index in [4.69, 9.17) is 4.52 Å². The predicted octanol–water partition coefficient (Wildman–Crippen LogP) is 2.97. The Morgan fingerprint density at radius 3 is 2.47 bits per heavy atom. The zero-order valence-corrected chi connectivity index (χ0v) is 9.20. The molecule has 80 valence electrons. The molecule has 3 heteroatoms. The number of hydrogen-bond acceptors (Lipinski definition) is 2. The lowest BCUT2D eigenvalue weighted by Crippen LogP contribution is -1.92. The van der Waals surface area contributed by atoms with Crippen LogP contribution in [0.1, 0.15) is 19.4 Å². The van der Waals surface area contributed by atoms with E-state index in [-0.39, 0.29) is 5.56 Å². The maximum atomic E-state index is 10.8. The molecule has 0 radical (unpaired) electrons. The lowest BCUT2D eigenvalue weighted by Gasteiger charge is -1.95. The zero-order valence-electron chi connectivity index (χ0n) is 9.20. The van der Waals surface area contributed by atoms with Gasteiger partial charge in [0.15, 0.2) is 5.76 Å². The molecule has 1 heterocycles. The van der Waals surface area contributed by atoms with Gasteiger partial charge in [0, 0.05) is 5.56 Å². The second-order valence-corrected chi connectivity index (χ2v) is 2.95. The molecule has 0 saturated carbocycles. The van der Waals surface area contributed by atoms with E-state index in [1.807, 2.05) is 45.0 Å². The first-order valence-corrected chi connectivity index (χ1v) is 5.01. The highest BCUT2D eigenvalue weighted by Crippen LogP contribution is 2.17. The van der Waals surface area contributed by atoms with Gasteiger partial charge in [-0.3, -0.25) is 4.79 Å². The molecule has 1 aromatic heterocycles. The van der Waals surface area contributed by atoms with Crippen molar-refractivity contribution in [2.45, 2.75) is 20.8 Å². The quantitative estimate of drug-likeness (QED) is 0.777. The van der Waals surface area contributed by atoms with Gasteiger partial charge in [-0.15, -0.1) is 0 Å². The Bertz CT molecular complexity index is 468. The number of nitrogens with one attached hydrogen (secondary N) is 1. The highest BCUT2D eigenvalue weighted by molar-refractivity contribution is 5.57. The van der Waals surface area contributed by atoms with E-state index in [0.717, 1.165) is 11.1 Å². The molecule has 0 aliphatic rings. The van der Waals surface area contributed by atoms with Gasteiger partial charge in [-0.25, -0.2) is 0 Å². The first-order chi connectivity index (χ1) is 7.25. The van der Waals surface area contributed by atoms with Crippen molar-refractivity contribution in [3.05, 3.63) is 46.2 Å². The van der Waals surface area contributed by atoms with Crippen molar-refractivity contribution in [1.29, 1.82) is 0 Å². The molecule has 2 rings (SSSR count). The van der Waals surface area contributed by atoms with Crippen LogP contribution in [0.5, 0.6) is 0 Å². The molecule has 1 N–H and O–H groups in total. The summed E-state index contributed by atoms with van der Waals surface area (Å²) in [5.74, 6) is 0.578. The Balaban J connectivity index is 0.000000531. The molecule has 0 saturated heterocycles. The maximum Gasteiger partial charge on any atom is 0.280 e. The molecule has 1 aromatic carbocycles. The Morgan fingerprint density at radius 2 is 1.93 bits per heavy atom. The van der Waals surface area contributed by atoms with Gasteiger partial charge in [0.05, 0.1) is 6.07 Å². The first-order valence-electron chi connectivity index (χ1n) is 5.01. The number of aryl methyl sites for hydroxylation is 1. The number of H-pyrrole nitrogens is 1. The smallest absolute Gasteiger partial charge is 0.280 e. The van der Waals surface area contributed by atoms with E-state index >= 15 is 0 Å². The number of aromatic nitrogens is 1. The molecule has 0 aliphatic carbocycles. The molecular formula is C12H15NO2. The van der Waals surface area contributed by atoms with E-state index in [9.17, 15) is 4.79 Å². The summed E-state index contributed by atoms with van der Waals surface area (Å²) >= 11 is 0. The molecule has 0 amide bonds. The number of aromatic amines is 1. The van der Waals surface area contributed by atoms with Gasteiger partial charge < -0.3 is 4.52 Å². The summed E-state index contributed by atoms with van der Waals surface area (Å²) in [6.07, 6.45) is 0. The number of rotatable bonds is 1. The van der Waals surface area contributed by atoms with E-state index < -0.39 is 0 Å². The molecule has 0 atom stereocenters. The van der Waals surface area contributed by atoms with Crippen molar-refractivity contribution >= 4 is 0 Å². The highest BCUT2D eigenvalue weighted by atomic mass is 16.5. The van der Waals surface area contributed by atoms with E-state index in [1.165, 1.54) is 6.07 Å². The fraction of sp³-hybridized carbons (Fsp3) is 0.250. The second-order valence-electron chi connectivity index (χ2n) is 2.95. The van der Waals surface area contributed by atoms with Crippen LogP contribution in [-0.2, 0) is 0 Å². The third-order valence-electron chi connectivity index (χ3n) is 1.83. The second kappa shape index (κ2) is 5.20. The lowest BCUT2D eigenvalue weighted by atomic mass is 10.1. The van der Waals surface area contributed by atoms with Gasteiger partial charge in [0.2, 0.25) is 0 Å². The molecule has 15 heavy (non-hydrogen) atoms. The largest absolute Gasteiger partial charge is 0.378 e. The fourth-order valence-electron chi connectivity index (χ4n) is 1.22. The summed E-state index contributed by atoms with van der Waals surface area (Å²) in [5.41, 5.74) is 1.84. The molecule has 0 fully saturated rings. The van der Waals surface area contributed by atoms with Gasteiger partial charge in [-0.1, -0.05) is 37.6 Å². The van der Waals surface area contributed by atoms with Crippen molar-refractivity contribution in [3.63, 3.8) is 0 Å². The molecule has 0 spiro atoms. The minimum atomic E-state index is -0.212. The Hall–Kier alpha value is -1.77. The molecule has 2 aromatic rings. The third-order valence-corrected chi connectivity index (χ3v) is 1.83.